The average Bonchev–Trinajstić information content (AvgIpc) is 2.67. The number of phenolic OH excluding ortho intramolecular Hbond substituents is 1. The highest BCUT2D eigenvalue weighted by Crippen LogP contribution is 2.24. The van der Waals surface area contributed by atoms with Gasteiger partial charge in [-0.05, 0) is 68.6 Å². The largest absolute Gasteiger partial charge is 0.508 e. The summed E-state index contributed by atoms with van der Waals surface area (Å²) in [6, 6.07) is 7.25. The molecule has 0 aromatic heterocycles. The number of carboxylic acids is 1. The number of hydrogen-bond acceptors (Lipinski definition) is 4. The molecule has 156 valence electrons. The highest BCUT2D eigenvalue weighted by Gasteiger charge is 2.14. The van der Waals surface area contributed by atoms with E-state index in [4.69, 9.17) is 5.11 Å². The van der Waals surface area contributed by atoms with Crippen LogP contribution >= 0.6 is 0 Å². The normalized spacial score (nSPS) is 14.6. The zero-order valence-corrected chi connectivity index (χ0v) is 16.8. The maximum Gasteiger partial charge on any atom is 0.327 e. The van der Waals surface area contributed by atoms with Gasteiger partial charge in [0.25, 0.3) is 0 Å². The van der Waals surface area contributed by atoms with Crippen molar-refractivity contribution in [3.63, 3.8) is 0 Å². The van der Waals surface area contributed by atoms with Gasteiger partial charge in [0, 0.05) is 12.0 Å². The highest BCUT2D eigenvalue weighted by atomic mass is 16.4. The maximum absolute atomic E-state index is 10.7. The van der Waals surface area contributed by atoms with Crippen molar-refractivity contribution in [2.45, 2.75) is 70.8 Å². The Bertz CT molecular complexity index is 594. The minimum atomic E-state index is -0.914. The lowest BCUT2D eigenvalue weighted by Crippen LogP contribution is -2.13. The van der Waals surface area contributed by atoms with Crippen LogP contribution in [-0.2, 0) is 16.0 Å². The van der Waals surface area contributed by atoms with Gasteiger partial charge in [-0.25, -0.2) is 4.79 Å². The third-order valence-electron chi connectivity index (χ3n) is 5.05. The summed E-state index contributed by atoms with van der Waals surface area (Å²) < 4.78 is 0. The third kappa shape index (κ3) is 11.5. The zero-order valence-electron chi connectivity index (χ0n) is 16.8. The molecule has 0 aliphatic carbocycles. The van der Waals surface area contributed by atoms with Crippen molar-refractivity contribution in [2.75, 3.05) is 0 Å². The lowest BCUT2D eigenvalue weighted by molar-refractivity contribution is -0.131. The van der Waals surface area contributed by atoms with Gasteiger partial charge in [0.1, 0.15) is 12.0 Å². The summed E-state index contributed by atoms with van der Waals surface area (Å²) in [5.74, 6) is -0.249. The predicted molar refractivity (Wildman–Crippen MR) is 110 cm³/mol. The van der Waals surface area contributed by atoms with Gasteiger partial charge in [-0.2, -0.15) is 0 Å². The summed E-state index contributed by atoms with van der Waals surface area (Å²) >= 11 is 0. The van der Waals surface area contributed by atoms with Crippen LogP contribution in [0.2, 0.25) is 0 Å². The van der Waals surface area contributed by atoms with Gasteiger partial charge in [0.15, 0.2) is 0 Å². The van der Waals surface area contributed by atoms with Gasteiger partial charge in [0.2, 0.25) is 0 Å². The first-order chi connectivity index (χ1) is 13.4. The molecule has 0 aliphatic heterocycles. The van der Waals surface area contributed by atoms with E-state index in [1.54, 1.807) is 18.2 Å². The Kier molecular flexibility index (Phi) is 11.9. The monoisotopic (exact) mass is 390 g/mol. The summed E-state index contributed by atoms with van der Waals surface area (Å²) in [7, 11) is 0. The van der Waals surface area contributed by atoms with E-state index in [1.165, 1.54) is 6.08 Å². The highest BCUT2D eigenvalue weighted by molar-refractivity contribution is 5.79. The van der Waals surface area contributed by atoms with Crippen LogP contribution in [0.1, 0.15) is 63.9 Å². The van der Waals surface area contributed by atoms with E-state index in [2.05, 4.69) is 0 Å². The smallest absolute Gasteiger partial charge is 0.327 e. The van der Waals surface area contributed by atoms with E-state index < -0.39 is 5.97 Å². The third-order valence-corrected chi connectivity index (χ3v) is 5.05. The molecule has 1 aromatic rings. The average molecular weight is 391 g/mol. The SMILES string of the molecule is C[C@H](C=O)CC[C@H](O)CC[C@H](CCCCC=CC(=O)O)Cc1ccc(O)cc1. The second kappa shape index (κ2) is 13.9. The molecule has 5 nitrogen and oxygen atoms in total. The van der Waals surface area contributed by atoms with Crippen LogP contribution in [0.25, 0.3) is 0 Å². The van der Waals surface area contributed by atoms with Crippen LogP contribution in [-0.4, -0.2) is 33.7 Å². The first-order valence-corrected chi connectivity index (χ1v) is 10.2. The Labute approximate surface area is 168 Å². The number of allylic oxidation sites excluding steroid dienone is 1. The van der Waals surface area contributed by atoms with Crippen LogP contribution in [0.5, 0.6) is 5.75 Å². The Hall–Kier alpha value is -2.14. The fourth-order valence-electron chi connectivity index (χ4n) is 3.29. The standard InChI is InChI=1S/C23H34O5/c1-18(17-24)8-12-21(25)13-9-19(6-4-2-3-5-7-23(27)28)16-20-10-14-22(26)15-11-20/h5,7,10-11,14-15,17-19,21,25-26H,2-4,6,8-9,12-13,16H2,1H3,(H,27,28)/t18-,19-,21-/m0/s1. The van der Waals surface area contributed by atoms with Gasteiger partial charge in [-0.1, -0.05) is 38.0 Å². The number of unbranched alkanes of at least 4 members (excludes halogenated alkanes) is 2. The number of carboxylic acid groups (broad SMARTS) is 1. The quantitative estimate of drug-likeness (QED) is 0.233. The summed E-state index contributed by atoms with van der Waals surface area (Å²) in [5.41, 5.74) is 1.16. The van der Waals surface area contributed by atoms with Crippen molar-refractivity contribution < 1.29 is 24.9 Å². The number of carbonyl (C=O) groups excluding carboxylic acids is 1. The molecule has 0 saturated heterocycles. The predicted octanol–water partition coefficient (Wildman–Crippen LogP) is 4.51. The first kappa shape index (κ1) is 23.9. The molecule has 3 atom stereocenters. The number of aliphatic hydroxyl groups excluding tert-OH is 1. The summed E-state index contributed by atoms with van der Waals surface area (Å²) in [6.45, 7) is 1.87. The number of aromatic hydroxyl groups is 1. The van der Waals surface area contributed by atoms with E-state index >= 15 is 0 Å². The fraction of sp³-hybridized carbons (Fsp3) is 0.565. The molecule has 0 amide bonds. The number of aliphatic hydroxyl groups is 1. The molecule has 1 aromatic carbocycles. The minimum Gasteiger partial charge on any atom is -0.508 e. The molecule has 0 heterocycles. The molecule has 3 N–H and O–H groups in total. The lowest BCUT2D eigenvalue weighted by Gasteiger charge is -2.19. The second-order valence-corrected chi connectivity index (χ2v) is 7.68. The van der Waals surface area contributed by atoms with Gasteiger partial charge in [0.05, 0.1) is 6.10 Å². The van der Waals surface area contributed by atoms with Crippen LogP contribution in [0.15, 0.2) is 36.4 Å². The van der Waals surface area contributed by atoms with Crippen molar-refractivity contribution in [2.24, 2.45) is 11.8 Å². The van der Waals surface area contributed by atoms with Gasteiger partial charge in [-0.3, -0.25) is 0 Å². The van der Waals surface area contributed by atoms with Gasteiger partial charge < -0.3 is 20.1 Å². The molecule has 0 aliphatic rings. The molecular weight excluding hydrogens is 356 g/mol. The number of aliphatic carboxylic acids is 1. The van der Waals surface area contributed by atoms with Gasteiger partial charge in [-0.15, -0.1) is 0 Å². The van der Waals surface area contributed by atoms with E-state index in [9.17, 15) is 19.8 Å². The Morgan fingerprint density at radius 2 is 1.71 bits per heavy atom. The number of aldehydes is 1. The molecule has 0 spiro atoms. The van der Waals surface area contributed by atoms with E-state index in [0.717, 1.165) is 50.4 Å². The molecule has 0 saturated carbocycles. The molecule has 0 radical (unpaired) electrons. The van der Waals surface area contributed by atoms with Crippen molar-refractivity contribution >= 4 is 12.3 Å². The molecular formula is C23H34O5. The second-order valence-electron chi connectivity index (χ2n) is 7.68. The summed E-state index contributed by atoms with van der Waals surface area (Å²) in [6.07, 6.45) is 11.0. The fourth-order valence-corrected chi connectivity index (χ4v) is 3.29. The van der Waals surface area contributed by atoms with Crippen molar-refractivity contribution in [3.05, 3.63) is 42.0 Å². The maximum atomic E-state index is 10.7. The van der Waals surface area contributed by atoms with Gasteiger partial charge >= 0.3 is 5.97 Å². The minimum absolute atomic E-state index is 0.0127. The molecule has 0 fully saturated rings. The number of benzene rings is 1. The molecule has 0 unspecified atom stereocenters. The van der Waals surface area contributed by atoms with Crippen LogP contribution < -0.4 is 0 Å². The Morgan fingerprint density at radius 1 is 1.04 bits per heavy atom. The summed E-state index contributed by atoms with van der Waals surface area (Å²) in [4.78, 5) is 21.2. The number of phenols is 1. The number of rotatable bonds is 15. The van der Waals surface area contributed by atoms with Crippen molar-refractivity contribution in [3.8, 4) is 5.75 Å². The molecule has 5 heteroatoms. The topological polar surface area (TPSA) is 94.8 Å². The van der Waals surface area contributed by atoms with E-state index in [-0.39, 0.29) is 17.8 Å². The lowest BCUT2D eigenvalue weighted by atomic mass is 9.88. The first-order valence-electron chi connectivity index (χ1n) is 10.2. The Balaban J connectivity index is 2.48. The molecule has 0 bridgehead atoms. The van der Waals surface area contributed by atoms with Crippen molar-refractivity contribution in [1.82, 2.24) is 0 Å². The summed E-state index contributed by atoms with van der Waals surface area (Å²) in [5, 5.41) is 28.3. The van der Waals surface area contributed by atoms with E-state index in [0.29, 0.717) is 25.2 Å². The number of hydrogen-bond donors (Lipinski definition) is 3. The van der Waals surface area contributed by atoms with Crippen LogP contribution in [0.4, 0.5) is 0 Å². The Morgan fingerprint density at radius 3 is 2.36 bits per heavy atom. The number of carbonyl (C=O) groups is 2. The molecule has 1 rings (SSSR count). The van der Waals surface area contributed by atoms with Crippen LogP contribution in [0, 0.1) is 11.8 Å². The van der Waals surface area contributed by atoms with Crippen molar-refractivity contribution in [1.29, 1.82) is 0 Å². The molecule has 28 heavy (non-hydrogen) atoms. The zero-order chi connectivity index (χ0) is 20.8. The van der Waals surface area contributed by atoms with Crippen LogP contribution in [0.3, 0.4) is 0 Å². The van der Waals surface area contributed by atoms with E-state index in [1.807, 2.05) is 19.1 Å².